The van der Waals surface area contributed by atoms with Gasteiger partial charge in [-0.2, -0.15) is 5.26 Å². The van der Waals surface area contributed by atoms with Crippen LogP contribution in [0.3, 0.4) is 0 Å². The van der Waals surface area contributed by atoms with E-state index in [0.717, 1.165) is 29.5 Å². The third-order valence-electron chi connectivity index (χ3n) is 5.14. The fraction of sp³-hybridized carbons (Fsp3) is 0.435. The van der Waals surface area contributed by atoms with E-state index in [9.17, 15) is 13.7 Å². The summed E-state index contributed by atoms with van der Waals surface area (Å²) in [5, 5.41) is 9.37. The Kier molecular flexibility index (Phi) is 8.61. The van der Waals surface area contributed by atoms with Crippen LogP contribution in [0.5, 0.6) is 5.75 Å². The lowest BCUT2D eigenvalue weighted by Gasteiger charge is -2.16. The number of sulfonamides is 1. The fourth-order valence-corrected chi connectivity index (χ4v) is 4.68. The van der Waals surface area contributed by atoms with Crippen molar-refractivity contribution in [2.24, 2.45) is 5.73 Å². The van der Waals surface area contributed by atoms with Gasteiger partial charge in [0.05, 0.1) is 43.0 Å². The molecule has 1 aliphatic rings. The summed E-state index contributed by atoms with van der Waals surface area (Å²) < 4.78 is 44.0. The first-order valence-corrected chi connectivity index (χ1v) is 12.1. The van der Waals surface area contributed by atoms with Crippen LogP contribution in [0.15, 0.2) is 41.3 Å². The Morgan fingerprint density at radius 1 is 1.12 bits per heavy atom. The zero-order chi connectivity index (χ0) is 23.0. The number of nitriles is 1. The minimum atomic E-state index is -3.64. The highest BCUT2D eigenvalue weighted by Crippen LogP contribution is 2.37. The molecule has 3 rings (SSSR count). The molecule has 0 radical (unpaired) electrons. The highest BCUT2D eigenvalue weighted by Gasteiger charge is 2.27. The molecule has 0 bridgehead atoms. The van der Waals surface area contributed by atoms with Gasteiger partial charge >= 0.3 is 0 Å². The molecule has 2 aromatic carbocycles. The molecule has 172 valence electrons. The highest BCUT2D eigenvalue weighted by atomic mass is 32.2. The molecule has 1 aliphatic carbocycles. The summed E-state index contributed by atoms with van der Waals surface area (Å²) in [6.45, 7) is 4.11. The third-order valence-corrected chi connectivity index (χ3v) is 6.61. The summed E-state index contributed by atoms with van der Waals surface area (Å²) in [4.78, 5) is 0.158. The number of benzene rings is 2. The van der Waals surface area contributed by atoms with Crippen molar-refractivity contribution in [1.29, 1.82) is 5.26 Å². The van der Waals surface area contributed by atoms with Crippen LogP contribution >= 0.6 is 0 Å². The van der Waals surface area contributed by atoms with E-state index >= 15 is 0 Å². The summed E-state index contributed by atoms with van der Waals surface area (Å²) in [5.41, 5.74) is 9.12. The summed E-state index contributed by atoms with van der Waals surface area (Å²) in [7, 11) is -3.64. The number of ether oxygens (including phenoxy) is 3. The second-order valence-corrected chi connectivity index (χ2v) is 9.29. The van der Waals surface area contributed by atoms with Crippen molar-refractivity contribution in [3.05, 3.63) is 58.7 Å². The average Bonchev–Trinajstić information content (AvgIpc) is 3.17. The lowest BCUT2D eigenvalue weighted by atomic mass is 10.0. The molecule has 0 spiro atoms. The third kappa shape index (κ3) is 6.28. The zero-order valence-corrected chi connectivity index (χ0v) is 19.0. The topological polar surface area (TPSA) is 124 Å². The molecule has 0 saturated carbocycles. The van der Waals surface area contributed by atoms with Crippen molar-refractivity contribution >= 4 is 10.0 Å². The van der Waals surface area contributed by atoms with E-state index in [4.69, 9.17) is 19.9 Å². The lowest BCUT2D eigenvalue weighted by Crippen LogP contribution is -2.28. The quantitative estimate of drug-likeness (QED) is 0.466. The van der Waals surface area contributed by atoms with Crippen molar-refractivity contribution < 1.29 is 22.6 Å². The fourth-order valence-electron chi connectivity index (χ4n) is 3.66. The molecule has 2 aromatic rings. The molecule has 0 amide bonds. The zero-order valence-electron chi connectivity index (χ0n) is 18.2. The Balaban J connectivity index is 1.53. The van der Waals surface area contributed by atoms with E-state index in [1.165, 1.54) is 12.1 Å². The first-order chi connectivity index (χ1) is 15.4. The lowest BCUT2D eigenvalue weighted by molar-refractivity contribution is 0.0530. The number of hydrogen-bond acceptors (Lipinski definition) is 7. The predicted octanol–water partition coefficient (Wildman–Crippen LogP) is 2.20. The van der Waals surface area contributed by atoms with Crippen LogP contribution in [0, 0.1) is 18.3 Å². The van der Waals surface area contributed by atoms with Gasteiger partial charge in [-0.25, -0.2) is 13.1 Å². The summed E-state index contributed by atoms with van der Waals surface area (Å²) >= 11 is 0. The molecule has 0 heterocycles. The smallest absolute Gasteiger partial charge is 0.240 e. The van der Waals surface area contributed by atoms with E-state index in [1.807, 2.05) is 13.0 Å². The van der Waals surface area contributed by atoms with Gasteiger partial charge in [-0.05, 0) is 66.8 Å². The van der Waals surface area contributed by atoms with Gasteiger partial charge in [0.25, 0.3) is 0 Å². The van der Waals surface area contributed by atoms with Gasteiger partial charge in [-0.15, -0.1) is 0 Å². The number of rotatable bonds is 12. The maximum absolute atomic E-state index is 12.5. The van der Waals surface area contributed by atoms with Gasteiger partial charge in [0.1, 0.15) is 11.9 Å². The van der Waals surface area contributed by atoms with Crippen molar-refractivity contribution in [2.45, 2.75) is 30.8 Å². The molecule has 1 atom stereocenters. The van der Waals surface area contributed by atoms with E-state index in [-0.39, 0.29) is 24.2 Å². The van der Waals surface area contributed by atoms with Crippen molar-refractivity contribution in [1.82, 2.24) is 4.72 Å². The van der Waals surface area contributed by atoms with E-state index in [1.54, 1.807) is 12.1 Å². The molecule has 9 heteroatoms. The average molecular weight is 460 g/mol. The van der Waals surface area contributed by atoms with Crippen molar-refractivity contribution in [3.63, 3.8) is 0 Å². The normalized spacial score (nSPS) is 15.3. The molecular weight excluding hydrogens is 430 g/mol. The number of nitrogens with two attached hydrogens (primary N) is 1. The van der Waals surface area contributed by atoms with Crippen LogP contribution < -0.4 is 15.2 Å². The van der Waals surface area contributed by atoms with Gasteiger partial charge in [-0.3, -0.25) is 0 Å². The van der Waals surface area contributed by atoms with Crippen LogP contribution in [0.4, 0.5) is 0 Å². The van der Waals surface area contributed by atoms with Crippen LogP contribution in [0.25, 0.3) is 0 Å². The second-order valence-electron chi connectivity index (χ2n) is 7.52. The molecular formula is C23H29N3O5S. The second kappa shape index (κ2) is 11.4. The molecule has 3 N–H and O–H groups in total. The Bertz CT molecular complexity index is 1050. The highest BCUT2D eigenvalue weighted by molar-refractivity contribution is 7.89. The standard InChI is InChI=1S/C23H29N3O5S/c1-17-14-18(16-25)21-6-7-23(22(21)15-17)31-19-2-4-20(5-3-19)32(27,28)26-9-11-30-13-12-29-10-8-24/h2-5,14-15,23,26H,6-13,24H2,1H3/t23-/m1/s1. The maximum Gasteiger partial charge on any atom is 0.240 e. The van der Waals surface area contributed by atoms with Gasteiger partial charge in [0.15, 0.2) is 0 Å². The number of fused-ring (bicyclic) bond motifs is 1. The molecule has 8 nitrogen and oxygen atoms in total. The van der Waals surface area contributed by atoms with Gasteiger partial charge in [-0.1, -0.05) is 6.07 Å². The van der Waals surface area contributed by atoms with Crippen LogP contribution in [0.2, 0.25) is 0 Å². The molecule has 0 aromatic heterocycles. The summed E-state index contributed by atoms with van der Waals surface area (Å²) in [6.07, 6.45) is 1.43. The Morgan fingerprint density at radius 2 is 1.84 bits per heavy atom. The van der Waals surface area contributed by atoms with E-state index < -0.39 is 10.0 Å². The van der Waals surface area contributed by atoms with Crippen molar-refractivity contribution in [2.75, 3.05) is 39.5 Å². The number of nitrogens with one attached hydrogen (secondary N) is 1. The molecule has 0 fully saturated rings. The predicted molar refractivity (Wildman–Crippen MR) is 120 cm³/mol. The largest absolute Gasteiger partial charge is 0.486 e. The summed E-state index contributed by atoms with van der Waals surface area (Å²) in [5.74, 6) is 0.586. The van der Waals surface area contributed by atoms with Crippen LogP contribution in [0.1, 0.15) is 34.8 Å². The Hall–Kier alpha value is -2.48. The minimum Gasteiger partial charge on any atom is -0.486 e. The van der Waals surface area contributed by atoms with Gasteiger partial charge < -0.3 is 19.9 Å². The van der Waals surface area contributed by atoms with Crippen LogP contribution in [-0.2, 0) is 25.9 Å². The number of aryl methyl sites for hydroxylation is 1. The van der Waals surface area contributed by atoms with Gasteiger partial charge in [0.2, 0.25) is 10.0 Å². The van der Waals surface area contributed by atoms with E-state index in [0.29, 0.717) is 37.7 Å². The van der Waals surface area contributed by atoms with Crippen molar-refractivity contribution in [3.8, 4) is 11.8 Å². The molecule has 0 unspecified atom stereocenters. The van der Waals surface area contributed by atoms with Crippen LogP contribution in [-0.4, -0.2) is 47.9 Å². The Morgan fingerprint density at radius 3 is 2.53 bits per heavy atom. The number of hydrogen-bond donors (Lipinski definition) is 2. The first kappa shape index (κ1) is 24.2. The van der Waals surface area contributed by atoms with Gasteiger partial charge in [0, 0.05) is 13.1 Å². The SMILES string of the molecule is Cc1cc(C#N)c2c(c1)[C@H](Oc1ccc(S(=O)(=O)NCCOCCOCCN)cc1)CC2. The maximum atomic E-state index is 12.5. The van der Waals surface area contributed by atoms with E-state index in [2.05, 4.69) is 16.9 Å². The molecule has 32 heavy (non-hydrogen) atoms. The minimum absolute atomic E-state index is 0.149. The summed E-state index contributed by atoms with van der Waals surface area (Å²) in [6, 6.07) is 12.6. The molecule has 0 aliphatic heterocycles. The Labute approximate surface area is 189 Å². The first-order valence-electron chi connectivity index (χ1n) is 10.6. The monoisotopic (exact) mass is 459 g/mol. The molecule has 0 saturated heterocycles. The number of nitrogens with zero attached hydrogens (tertiary/aromatic N) is 1.